The number of imide groups is 1. The number of aliphatic hydroxyl groups excluding tert-OH is 1. The number of ketones is 1. The second-order valence-corrected chi connectivity index (χ2v) is 10.3. The van der Waals surface area contributed by atoms with Gasteiger partial charge in [-0.1, -0.05) is 81.5 Å². The molecular weight excluding hydrogens is 442 g/mol. The van der Waals surface area contributed by atoms with E-state index in [1.165, 1.54) is 17.7 Å². The number of fused-ring (bicyclic) bond motifs is 4. The van der Waals surface area contributed by atoms with E-state index < -0.39 is 29.5 Å². The number of hydrogen-bond acceptors (Lipinski definition) is 5. The summed E-state index contributed by atoms with van der Waals surface area (Å²) in [6.45, 7) is 4.57. The van der Waals surface area contributed by atoms with Gasteiger partial charge in [-0.15, -0.1) is 0 Å². The van der Waals surface area contributed by atoms with Gasteiger partial charge >= 0.3 is 0 Å². The first-order valence-corrected chi connectivity index (χ1v) is 13.4. The molecule has 1 aliphatic heterocycles. The smallest absolute Gasteiger partial charge is 0.234 e. The summed E-state index contributed by atoms with van der Waals surface area (Å²) in [5, 5.41) is 11.1. The summed E-state index contributed by atoms with van der Waals surface area (Å²) in [5.74, 6) is -3.35. The van der Waals surface area contributed by atoms with Crippen LogP contribution in [0.15, 0.2) is 42.5 Å². The second-order valence-electron chi connectivity index (χ2n) is 10.3. The van der Waals surface area contributed by atoms with Crippen LogP contribution in [0.4, 0.5) is 0 Å². The van der Waals surface area contributed by atoms with Crippen molar-refractivity contribution in [1.29, 1.82) is 0 Å². The maximum atomic E-state index is 14.1. The molecular formula is C29H39NO5. The summed E-state index contributed by atoms with van der Waals surface area (Å²) in [4.78, 5) is 42.6. The lowest BCUT2D eigenvalue weighted by Gasteiger charge is -2.48. The van der Waals surface area contributed by atoms with Crippen LogP contribution in [-0.4, -0.2) is 45.9 Å². The van der Waals surface area contributed by atoms with Gasteiger partial charge in [-0.05, 0) is 31.7 Å². The van der Waals surface area contributed by atoms with Crippen molar-refractivity contribution >= 4 is 17.6 Å². The highest BCUT2D eigenvalue weighted by Gasteiger charge is 2.65. The highest BCUT2D eigenvalue weighted by atomic mass is 16.5. The van der Waals surface area contributed by atoms with E-state index >= 15 is 0 Å². The first-order valence-electron chi connectivity index (χ1n) is 13.4. The van der Waals surface area contributed by atoms with Crippen molar-refractivity contribution in [3.63, 3.8) is 0 Å². The van der Waals surface area contributed by atoms with E-state index in [-0.39, 0.29) is 36.5 Å². The van der Waals surface area contributed by atoms with Crippen LogP contribution in [-0.2, 0) is 25.7 Å². The maximum Gasteiger partial charge on any atom is 0.234 e. The Balaban J connectivity index is 1.66. The Hall–Kier alpha value is -2.31. The average molecular weight is 482 g/mol. The number of benzene rings is 1. The predicted molar refractivity (Wildman–Crippen MR) is 133 cm³/mol. The van der Waals surface area contributed by atoms with Crippen molar-refractivity contribution in [3.05, 3.63) is 48.0 Å². The van der Waals surface area contributed by atoms with Gasteiger partial charge in [-0.3, -0.25) is 19.3 Å². The van der Waals surface area contributed by atoms with Crippen molar-refractivity contribution in [3.8, 4) is 0 Å². The van der Waals surface area contributed by atoms with Crippen molar-refractivity contribution in [2.24, 2.45) is 23.7 Å². The fourth-order valence-electron chi connectivity index (χ4n) is 6.45. The Morgan fingerprint density at radius 3 is 2.46 bits per heavy atom. The Morgan fingerprint density at radius 2 is 1.74 bits per heavy atom. The summed E-state index contributed by atoms with van der Waals surface area (Å²) >= 11 is 0. The molecule has 1 N–H and O–H groups in total. The number of amides is 2. The zero-order valence-electron chi connectivity index (χ0n) is 21.0. The van der Waals surface area contributed by atoms with Gasteiger partial charge in [0.25, 0.3) is 0 Å². The molecule has 1 aromatic rings. The molecule has 2 bridgehead atoms. The standard InChI is InChI=1S/C29H39NO5/c1-3-5-6-7-11-15-21-16-12-17-23(31)25-24-22(18-29(21,26(25)32)35-4-2)27(33)30(28(24)34)19-20-13-9-8-10-14-20/h8-10,12-14,16,21-25,31H,3-7,11,15,17-19H2,1-2H3/b16-12-/t21-,22+,23-,24+,25+,29-/m0/s1. The summed E-state index contributed by atoms with van der Waals surface area (Å²) in [7, 11) is 0. The van der Waals surface area contributed by atoms with Gasteiger partial charge in [0.05, 0.1) is 30.4 Å². The van der Waals surface area contributed by atoms with Gasteiger partial charge in [0.1, 0.15) is 5.60 Å². The normalized spacial score (nSPS) is 33.4. The van der Waals surface area contributed by atoms with E-state index in [2.05, 4.69) is 6.92 Å². The molecule has 0 radical (unpaired) electrons. The third-order valence-electron chi connectivity index (χ3n) is 8.16. The van der Waals surface area contributed by atoms with Crippen molar-refractivity contribution < 1.29 is 24.2 Å². The fraction of sp³-hybridized carbons (Fsp3) is 0.621. The maximum absolute atomic E-state index is 14.1. The lowest BCUT2D eigenvalue weighted by atomic mass is 9.58. The Labute approximate surface area is 208 Å². The van der Waals surface area contributed by atoms with Crippen LogP contribution < -0.4 is 0 Å². The molecule has 6 heteroatoms. The summed E-state index contributed by atoms with van der Waals surface area (Å²) in [6.07, 6.45) is 9.85. The average Bonchev–Trinajstić information content (AvgIpc) is 3.07. The SMILES string of the molecule is CCCCCCC[C@H]1/C=C\C[C@H](O)[C@H]2C(=O)[C@]1(OCC)C[C@H]1C(=O)N(Cc3ccccc3)C(=O)[C@@H]21. The molecule has 1 heterocycles. The van der Waals surface area contributed by atoms with E-state index in [1.54, 1.807) is 0 Å². The number of carbonyl (C=O) groups excluding carboxylic acids is 3. The number of aliphatic hydroxyl groups is 1. The van der Waals surface area contributed by atoms with Crippen molar-refractivity contribution in [2.45, 2.75) is 83.5 Å². The molecule has 2 amide bonds. The van der Waals surface area contributed by atoms with E-state index in [9.17, 15) is 19.5 Å². The van der Waals surface area contributed by atoms with Crippen LogP contribution in [0.3, 0.4) is 0 Å². The minimum absolute atomic E-state index is 0.168. The van der Waals surface area contributed by atoms with Gasteiger partial charge in [0.15, 0.2) is 5.78 Å². The monoisotopic (exact) mass is 481 g/mol. The Morgan fingerprint density at radius 1 is 1.00 bits per heavy atom. The lowest BCUT2D eigenvalue weighted by Crippen LogP contribution is -2.61. The van der Waals surface area contributed by atoms with Crippen LogP contribution in [0.25, 0.3) is 0 Å². The fourth-order valence-corrected chi connectivity index (χ4v) is 6.45. The molecule has 1 saturated heterocycles. The van der Waals surface area contributed by atoms with Crippen LogP contribution in [0, 0.1) is 23.7 Å². The van der Waals surface area contributed by atoms with Gasteiger partial charge in [-0.25, -0.2) is 0 Å². The molecule has 0 aromatic heterocycles. The van der Waals surface area contributed by atoms with E-state index in [1.807, 2.05) is 49.4 Å². The number of rotatable bonds is 10. The zero-order valence-corrected chi connectivity index (χ0v) is 21.0. The lowest BCUT2D eigenvalue weighted by molar-refractivity contribution is -0.178. The molecule has 1 saturated carbocycles. The molecule has 6 atom stereocenters. The zero-order chi connectivity index (χ0) is 25.0. The molecule has 6 nitrogen and oxygen atoms in total. The highest BCUT2D eigenvalue weighted by molar-refractivity contribution is 6.09. The summed E-state index contributed by atoms with van der Waals surface area (Å²) in [6, 6.07) is 9.42. The minimum atomic E-state index is -1.18. The van der Waals surface area contributed by atoms with Crippen molar-refractivity contribution in [1.82, 2.24) is 4.90 Å². The molecule has 35 heavy (non-hydrogen) atoms. The van der Waals surface area contributed by atoms with E-state index in [0.717, 1.165) is 31.2 Å². The first-order chi connectivity index (χ1) is 16.9. The Kier molecular flexibility index (Phi) is 8.23. The van der Waals surface area contributed by atoms with Crippen LogP contribution in [0.5, 0.6) is 0 Å². The first kappa shape index (κ1) is 25.8. The topological polar surface area (TPSA) is 83.9 Å². The number of hydrogen-bond donors (Lipinski definition) is 1. The van der Waals surface area contributed by atoms with Gasteiger partial charge in [0.2, 0.25) is 11.8 Å². The van der Waals surface area contributed by atoms with Gasteiger partial charge in [-0.2, -0.15) is 0 Å². The van der Waals surface area contributed by atoms with Crippen LogP contribution in [0.1, 0.15) is 70.8 Å². The molecule has 0 unspecified atom stereocenters. The number of carbonyl (C=O) groups is 3. The summed E-state index contributed by atoms with van der Waals surface area (Å²) < 4.78 is 6.28. The number of Topliss-reactive ketones (excluding diaryl/α,β-unsaturated/α-hetero) is 1. The molecule has 190 valence electrons. The van der Waals surface area contributed by atoms with Gasteiger partial charge in [0, 0.05) is 12.5 Å². The highest BCUT2D eigenvalue weighted by Crippen LogP contribution is 2.51. The second kappa shape index (κ2) is 11.2. The number of likely N-dealkylation sites (tertiary alicyclic amines) is 1. The molecule has 2 fully saturated rings. The molecule has 0 spiro atoms. The minimum Gasteiger partial charge on any atom is -0.392 e. The molecule has 1 aromatic carbocycles. The Bertz CT molecular complexity index is 944. The van der Waals surface area contributed by atoms with Crippen LogP contribution in [0.2, 0.25) is 0 Å². The number of unbranched alkanes of at least 4 members (excludes halogenated alkanes) is 4. The largest absolute Gasteiger partial charge is 0.392 e. The number of ether oxygens (including phenoxy) is 1. The molecule has 3 aliphatic rings. The quantitative estimate of drug-likeness (QED) is 0.303. The number of nitrogens with zero attached hydrogens (tertiary/aromatic N) is 1. The predicted octanol–water partition coefficient (Wildman–Crippen LogP) is 4.45. The van der Waals surface area contributed by atoms with Crippen molar-refractivity contribution in [2.75, 3.05) is 6.61 Å². The molecule has 2 aliphatic carbocycles. The van der Waals surface area contributed by atoms with E-state index in [0.29, 0.717) is 13.0 Å². The van der Waals surface area contributed by atoms with E-state index in [4.69, 9.17) is 4.74 Å². The summed E-state index contributed by atoms with van der Waals surface area (Å²) in [5.41, 5.74) is -0.314. The molecule has 4 rings (SSSR count). The van der Waals surface area contributed by atoms with Gasteiger partial charge < -0.3 is 9.84 Å². The third-order valence-corrected chi connectivity index (χ3v) is 8.16. The third kappa shape index (κ3) is 4.88. The van der Waals surface area contributed by atoms with Crippen LogP contribution >= 0.6 is 0 Å².